The molecule has 0 saturated heterocycles. The molecule has 0 aliphatic heterocycles. The molecule has 6 nitrogen and oxygen atoms in total. The van der Waals surface area contributed by atoms with Gasteiger partial charge in [0.05, 0.1) is 11.5 Å². The van der Waals surface area contributed by atoms with Crippen LogP contribution in [-0.4, -0.2) is 54.0 Å². The van der Waals surface area contributed by atoms with Crippen LogP contribution >= 0.6 is 23.5 Å². The van der Waals surface area contributed by atoms with Crippen molar-refractivity contribution in [1.82, 2.24) is 0 Å². The molecule has 0 fully saturated rings. The summed E-state index contributed by atoms with van der Waals surface area (Å²) in [6.45, 7) is 0. The van der Waals surface area contributed by atoms with E-state index in [1.807, 2.05) is 0 Å². The molecular formula is C7H16O6S4. The van der Waals surface area contributed by atoms with Crippen molar-refractivity contribution in [3.8, 4) is 0 Å². The third kappa shape index (κ3) is 16.5. The van der Waals surface area contributed by atoms with E-state index in [9.17, 15) is 16.8 Å². The summed E-state index contributed by atoms with van der Waals surface area (Å²) in [6.07, 6.45) is 0.796. The zero-order valence-electron chi connectivity index (χ0n) is 9.11. The molecule has 0 rings (SSSR count). The first kappa shape index (κ1) is 17.5. The second-order valence-corrected chi connectivity index (χ2v) is 8.93. The predicted molar refractivity (Wildman–Crippen MR) is 71.8 cm³/mol. The average molecular weight is 324 g/mol. The minimum atomic E-state index is -3.86. The summed E-state index contributed by atoms with van der Waals surface area (Å²) >= 11 is 3.05. The molecular weight excluding hydrogens is 308 g/mol. The molecule has 0 heterocycles. The Kier molecular flexibility index (Phi) is 8.86. The standard InChI is InChI=1S/C7H16O6S4/c8-16(9,10)5-1-3-14-7-15-4-2-6-17(11,12)13/h1-7H2,(H,8,9,10)(H,11,12,13). The molecule has 0 aromatic rings. The summed E-state index contributed by atoms with van der Waals surface area (Å²) in [6, 6.07) is 0. The number of hydrogen-bond donors (Lipinski definition) is 2. The largest absolute Gasteiger partial charge is 0.286 e. The molecule has 0 aromatic carbocycles. The van der Waals surface area contributed by atoms with Gasteiger partial charge in [-0.25, -0.2) is 0 Å². The molecule has 0 aliphatic carbocycles. The fourth-order valence-corrected chi connectivity index (χ4v) is 4.36. The van der Waals surface area contributed by atoms with Gasteiger partial charge in [-0.05, 0) is 24.3 Å². The van der Waals surface area contributed by atoms with Gasteiger partial charge in [-0.2, -0.15) is 40.4 Å². The van der Waals surface area contributed by atoms with E-state index >= 15 is 0 Å². The van der Waals surface area contributed by atoms with Crippen molar-refractivity contribution in [2.45, 2.75) is 12.8 Å². The van der Waals surface area contributed by atoms with E-state index in [0.29, 0.717) is 24.3 Å². The van der Waals surface area contributed by atoms with Crippen molar-refractivity contribution in [3.63, 3.8) is 0 Å². The third-order valence-corrected chi connectivity index (χ3v) is 5.65. The van der Waals surface area contributed by atoms with Crippen molar-refractivity contribution in [1.29, 1.82) is 0 Å². The minimum absolute atomic E-state index is 0.229. The summed E-state index contributed by atoms with van der Waals surface area (Å²) in [5.74, 6) is 0.803. The molecule has 0 saturated carbocycles. The van der Waals surface area contributed by atoms with E-state index < -0.39 is 20.2 Å². The van der Waals surface area contributed by atoms with E-state index in [0.717, 1.165) is 5.08 Å². The van der Waals surface area contributed by atoms with Crippen molar-refractivity contribution in [2.24, 2.45) is 0 Å². The van der Waals surface area contributed by atoms with Crippen molar-refractivity contribution >= 4 is 43.8 Å². The maximum absolute atomic E-state index is 10.4. The number of thioether (sulfide) groups is 2. The zero-order valence-corrected chi connectivity index (χ0v) is 12.4. The van der Waals surface area contributed by atoms with Gasteiger partial charge in [0.2, 0.25) is 0 Å². The van der Waals surface area contributed by atoms with Gasteiger partial charge in [0.25, 0.3) is 20.2 Å². The summed E-state index contributed by atoms with van der Waals surface area (Å²) in [4.78, 5) is 0. The molecule has 0 atom stereocenters. The molecule has 0 aromatic heterocycles. The van der Waals surface area contributed by atoms with Gasteiger partial charge in [-0.3, -0.25) is 9.11 Å². The van der Waals surface area contributed by atoms with Crippen LogP contribution in [0.4, 0.5) is 0 Å². The van der Waals surface area contributed by atoms with Gasteiger partial charge in [0, 0.05) is 5.08 Å². The van der Waals surface area contributed by atoms with E-state index in [-0.39, 0.29) is 11.5 Å². The Balaban J connectivity index is 3.25. The van der Waals surface area contributed by atoms with Gasteiger partial charge in [0.1, 0.15) is 0 Å². The van der Waals surface area contributed by atoms with Gasteiger partial charge in [0.15, 0.2) is 0 Å². The first-order chi connectivity index (χ1) is 7.71. The highest BCUT2D eigenvalue weighted by Crippen LogP contribution is 2.14. The van der Waals surface area contributed by atoms with Crippen LogP contribution in [0.25, 0.3) is 0 Å². The molecule has 0 radical (unpaired) electrons. The molecule has 0 aliphatic rings. The fraction of sp³-hybridized carbons (Fsp3) is 1.00. The van der Waals surface area contributed by atoms with Crippen molar-refractivity contribution < 1.29 is 25.9 Å². The van der Waals surface area contributed by atoms with Gasteiger partial charge >= 0.3 is 0 Å². The highest BCUT2D eigenvalue weighted by molar-refractivity contribution is 8.15. The zero-order chi connectivity index (χ0) is 13.4. The molecule has 0 spiro atoms. The molecule has 0 bridgehead atoms. The maximum atomic E-state index is 10.4. The smallest absolute Gasteiger partial charge is 0.264 e. The normalized spacial score (nSPS) is 12.8. The van der Waals surface area contributed by atoms with Crippen LogP contribution in [0.3, 0.4) is 0 Å². The fourth-order valence-electron chi connectivity index (χ4n) is 0.864. The summed E-state index contributed by atoms with van der Waals surface area (Å²) < 4.78 is 58.3. The average Bonchev–Trinajstić information content (AvgIpc) is 2.11. The number of rotatable bonds is 10. The van der Waals surface area contributed by atoms with Crippen LogP contribution in [-0.2, 0) is 20.2 Å². The number of hydrogen-bond acceptors (Lipinski definition) is 6. The highest BCUT2D eigenvalue weighted by atomic mass is 32.2. The third-order valence-electron chi connectivity index (χ3n) is 1.55. The topological polar surface area (TPSA) is 109 Å². The van der Waals surface area contributed by atoms with Crippen LogP contribution in [0, 0.1) is 0 Å². The molecule has 17 heavy (non-hydrogen) atoms. The lowest BCUT2D eigenvalue weighted by Crippen LogP contribution is -2.05. The van der Waals surface area contributed by atoms with Crippen LogP contribution in [0.2, 0.25) is 0 Å². The van der Waals surface area contributed by atoms with Gasteiger partial charge < -0.3 is 0 Å². The van der Waals surface area contributed by atoms with E-state index in [1.54, 1.807) is 0 Å². The lowest BCUT2D eigenvalue weighted by atomic mass is 10.6. The minimum Gasteiger partial charge on any atom is -0.286 e. The Labute approximate surface area is 110 Å². The second kappa shape index (κ2) is 8.59. The van der Waals surface area contributed by atoms with Crippen LogP contribution in [0.15, 0.2) is 0 Å². The molecule has 104 valence electrons. The molecule has 10 heteroatoms. The lowest BCUT2D eigenvalue weighted by Gasteiger charge is -2.01. The predicted octanol–water partition coefficient (Wildman–Crippen LogP) is 0.966. The summed E-state index contributed by atoms with van der Waals surface area (Å²) in [5.41, 5.74) is 0. The Hall–Kier alpha value is 0.520. The first-order valence-corrected chi connectivity index (χ1v) is 10.3. The highest BCUT2D eigenvalue weighted by Gasteiger charge is 2.04. The molecule has 2 N–H and O–H groups in total. The quantitative estimate of drug-likeness (QED) is 0.347. The lowest BCUT2D eigenvalue weighted by molar-refractivity contribution is 0.480. The summed E-state index contributed by atoms with van der Waals surface area (Å²) in [5, 5.41) is 0.733. The van der Waals surface area contributed by atoms with Crippen molar-refractivity contribution in [2.75, 3.05) is 28.1 Å². The Morgan fingerprint density at radius 2 is 1.12 bits per heavy atom. The van der Waals surface area contributed by atoms with Gasteiger partial charge in [-0.15, -0.1) is 0 Å². The molecule has 0 unspecified atom stereocenters. The second-order valence-electron chi connectivity index (χ2n) is 3.21. The van der Waals surface area contributed by atoms with Gasteiger partial charge in [-0.1, -0.05) is 0 Å². The van der Waals surface area contributed by atoms with Crippen LogP contribution in [0.5, 0.6) is 0 Å². The van der Waals surface area contributed by atoms with Crippen LogP contribution in [0.1, 0.15) is 12.8 Å². The SMILES string of the molecule is O=S(=O)(O)CCCSCSCCCS(=O)(=O)O. The Morgan fingerprint density at radius 3 is 1.41 bits per heavy atom. The van der Waals surface area contributed by atoms with Crippen LogP contribution < -0.4 is 0 Å². The monoisotopic (exact) mass is 324 g/mol. The van der Waals surface area contributed by atoms with Crippen molar-refractivity contribution in [3.05, 3.63) is 0 Å². The molecule has 0 amide bonds. The maximum Gasteiger partial charge on any atom is 0.264 e. The Morgan fingerprint density at radius 1 is 0.765 bits per heavy atom. The van der Waals surface area contributed by atoms with E-state index in [1.165, 1.54) is 23.5 Å². The first-order valence-electron chi connectivity index (χ1n) is 4.76. The van der Waals surface area contributed by atoms with E-state index in [2.05, 4.69) is 0 Å². The Bertz CT molecular complexity index is 349. The summed E-state index contributed by atoms with van der Waals surface area (Å²) in [7, 11) is -7.71. The van der Waals surface area contributed by atoms with E-state index in [4.69, 9.17) is 9.11 Å².